The Morgan fingerprint density at radius 2 is 2.00 bits per heavy atom. The van der Waals surface area contributed by atoms with E-state index in [0.717, 1.165) is 33.5 Å². The van der Waals surface area contributed by atoms with Gasteiger partial charge in [0, 0.05) is 35.5 Å². The predicted molar refractivity (Wildman–Crippen MR) is 125 cm³/mol. The number of ether oxygens (including phenoxy) is 1. The maximum absolute atomic E-state index is 14.3. The van der Waals surface area contributed by atoms with Gasteiger partial charge in [0.25, 0.3) is 5.95 Å². The fourth-order valence-electron chi connectivity index (χ4n) is 4.00. The Balaban J connectivity index is 1.54. The van der Waals surface area contributed by atoms with Crippen LogP contribution >= 0.6 is 11.8 Å². The average Bonchev–Trinajstić information content (AvgIpc) is 3.23. The molecule has 0 bridgehead atoms. The number of aromatic nitrogens is 4. The molecule has 0 radical (unpaired) electrons. The number of halogens is 1. The van der Waals surface area contributed by atoms with E-state index in [0.29, 0.717) is 36.8 Å². The van der Waals surface area contributed by atoms with E-state index in [1.54, 1.807) is 34.1 Å². The van der Waals surface area contributed by atoms with Gasteiger partial charge in [-0.2, -0.15) is 9.78 Å². The molecule has 2 aromatic carbocycles. The second-order valence-corrected chi connectivity index (χ2v) is 8.71. The minimum Gasteiger partial charge on any atom is -0.370 e. The summed E-state index contributed by atoms with van der Waals surface area (Å²) in [4.78, 5) is 21.9. The minimum atomic E-state index is -0.312. The Bertz CT molecular complexity index is 1320. The molecule has 168 valence electrons. The molecule has 1 aliphatic rings. The first kappa shape index (κ1) is 21.5. The Morgan fingerprint density at radius 1 is 1.18 bits per heavy atom. The van der Waals surface area contributed by atoms with Gasteiger partial charge in [0.05, 0.1) is 18.7 Å². The molecule has 1 fully saturated rings. The van der Waals surface area contributed by atoms with Crippen LogP contribution < -0.4 is 0 Å². The molecule has 1 saturated heterocycles. The Kier molecular flexibility index (Phi) is 5.82. The fourth-order valence-corrected chi connectivity index (χ4v) is 4.56. The van der Waals surface area contributed by atoms with E-state index in [-0.39, 0.29) is 11.9 Å². The van der Waals surface area contributed by atoms with Crippen molar-refractivity contribution in [2.24, 2.45) is 0 Å². The van der Waals surface area contributed by atoms with Crippen molar-refractivity contribution in [3.8, 4) is 17.1 Å². The molecule has 2 aromatic heterocycles. The van der Waals surface area contributed by atoms with Crippen LogP contribution in [-0.2, 0) is 9.53 Å². The summed E-state index contributed by atoms with van der Waals surface area (Å²) >= 11 is 1.54. The van der Waals surface area contributed by atoms with Crippen molar-refractivity contribution in [2.45, 2.75) is 18.1 Å². The molecule has 7 nitrogen and oxygen atoms in total. The van der Waals surface area contributed by atoms with Crippen LogP contribution in [0.15, 0.2) is 53.8 Å². The number of hydrogen-bond donors (Lipinski definition) is 0. The highest BCUT2D eigenvalue weighted by Gasteiger charge is 2.23. The first-order valence-corrected chi connectivity index (χ1v) is 11.8. The van der Waals surface area contributed by atoms with Crippen molar-refractivity contribution in [2.75, 3.05) is 26.0 Å². The van der Waals surface area contributed by atoms with Gasteiger partial charge in [-0.3, -0.25) is 4.79 Å². The van der Waals surface area contributed by atoms with Crippen molar-refractivity contribution >= 4 is 29.1 Å². The van der Waals surface area contributed by atoms with Crippen molar-refractivity contribution in [3.05, 3.63) is 65.7 Å². The lowest BCUT2D eigenvalue weighted by molar-refractivity contribution is -0.125. The van der Waals surface area contributed by atoms with Crippen molar-refractivity contribution < 1.29 is 13.9 Å². The normalized spacial score (nSPS) is 16.3. The zero-order chi connectivity index (χ0) is 22.9. The first-order valence-electron chi connectivity index (χ1n) is 10.5. The lowest BCUT2D eigenvalue weighted by atomic mass is 10.1. The van der Waals surface area contributed by atoms with E-state index >= 15 is 0 Å². The molecule has 1 atom stereocenters. The molecule has 33 heavy (non-hydrogen) atoms. The fraction of sp³-hybridized carbons (Fsp3) is 0.250. The summed E-state index contributed by atoms with van der Waals surface area (Å²) in [6, 6.07) is 11.0. The van der Waals surface area contributed by atoms with Crippen LogP contribution in [0.3, 0.4) is 0 Å². The topological polar surface area (TPSA) is 73.1 Å². The van der Waals surface area contributed by atoms with E-state index in [1.165, 1.54) is 17.8 Å². The molecule has 0 spiro atoms. The van der Waals surface area contributed by atoms with Gasteiger partial charge < -0.3 is 9.64 Å². The number of carbonyl (C=O) groups excluding carboxylic acids is 1. The summed E-state index contributed by atoms with van der Waals surface area (Å²) in [5, 5.41) is 6.54. The van der Waals surface area contributed by atoms with Gasteiger partial charge in [0.2, 0.25) is 6.41 Å². The SMILES string of the molecule is CSc1nn(-c2ncc(-c3cc(C)ccc3F)cn2)c2cc(C3CN(C=O)CCO3)ccc12. The van der Waals surface area contributed by atoms with Crippen molar-refractivity contribution in [1.82, 2.24) is 24.6 Å². The molecule has 9 heteroatoms. The minimum absolute atomic E-state index is 0.206. The number of amides is 1. The summed E-state index contributed by atoms with van der Waals surface area (Å²) in [7, 11) is 0. The van der Waals surface area contributed by atoms with Gasteiger partial charge in [-0.05, 0) is 43.0 Å². The number of hydrogen-bond acceptors (Lipinski definition) is 6. The summed E-state index contributed by atoms with van der Waals surface area (Å²) < 4.78 is 21.9. The van der Waals surface area contributed by atoms with Crippen LogP contribution in [-0.4, -0.2) is 57.0 Å². The van der Waals surface area contributed by atoms with Crippen LogP contribution in [0, 0.1) is 12.7 Å². The van der Waals surface area contributed by atoms with E-state index < -0.39 is 0 Å². The van der Waals surface area contributed by atoms with E-state index in [9.17, 15) is 9.18 Å². The molecule has 1 amide bonds. The smallest absolute Gasteiger partial charge is 0.251 e. The second-order valence-electron chi connectivity index (χ2n) is 7.91. The number of thioether (sulfide) groups is 1. The number of fused-ring (bicyclic) bond motifs is 1. The predicted octanol–water partition coefficient (Wildman–Crippen LogP) is 4.18. The van der Waals surface area contributed by atoms with E-state index in [4.69, 9.17) is 9.84 Å². The largest absolute Gasteiger partial charge is 0.370 e. The Hall–Kier alpha value is -3.30. The van der Waals surface area contributed by atoms with E-state index in [2.05, 4.69) is 9.97 Å². The lowest BCUT2D eigenvalue weighted by Gasteiger charge is -2.30. The molecule has 5 rings (SSSR count). The number of rotatable bonds is 5. The van der Waals surface area contributed by atoms with Gasteiger partial charge in [0.15, 0.2) is 0 Å². The van der Waals surface area contributed by atoms with Crippen LogP contribution in [0.1, 0.15) is 17.2 Å². The molecule has 3 heterocycles. The number of aryl methyl sites for hydroxylation is 1. The maximum atomic E-state index is 14.3. The van der Waals surface area contributed by atoms with Gasteiger partial charge >= 0.3 is 0 Å². The Labute approximate surface area is 194 Å². The van der Waals surface area contributed by atoms with Gasteiger partial charge in [-0.1, -0.05) is 17.7 Å². The van der Waals surface area contributed by atoms with Gasteiger partial charge in [-0.25, -0.2) is 14.4 Å². The molecule has 1 aliphatic heterocycles. The maximum Gasteiger partial charge on any atom is 0.251 e. The molecule has 0 N–H and O–H groups in total. The molecular weight excluding hydrogens is 441 g/mol. The van der Waals surface area contributed by atoms with Crippen molar-refractivity contribution in [1.29, 1.82) is 0 Å². The summed E-state index contributed by atoms with van der Waals surface area (Å²) in [5.74, 6) is 0.0843. The lowest BCUT2D eigenvalue weighted by Crippen LogP contribution is -2.37. The highest BCUT2D eigenvalue weighted by Crippen LogP contribution is 2.31. The summed E-state index contributed by atoms with van der Waals surface area (Å²) in [6.07, 6.45) is 5.85. The number of nitrogens with zero attached hydrogens (tertiary/aromatic N) is 5. The zero-order valence-electron chi connectivity index (χ0n) is 18.2. The average molecular weight is 464 g/mol. The molecule has 1 unspecified atom stereocenters. The Morgan fingerprint density at radius 3 is 2.76 bits per heavy atom. The van der Waals surface area contributed by atoms with Gasteiger partial charge in [-0.15, -0.1) is 11.8 Å². The number of carbonyl (C=O) groups is 1. The van der Waals surface area contributed by atoms with Crippen molar-refractivity contribution in [3.63, 3.8) is 0 Å². The molecule has 0 aliphatic carbocycles. The number of benzene rings is 2. The van der Waals surface area contributed by atoms with Crippen LogP contribution in [0.5, 0.6) is 0 Å². The number of morpholine rings is 1. The van der Waals surface area contributed by atoms with Crippen LogP contribution in [0.2, 0.25) is 0 Å². The highest BCUT2D eigenvalue weighted by atomic mass is 32.2. The zero-order valence-corrected chi connectivity index (χ0v) is 19.1. The molecular formula is C24H22FN5O2S. The van der Waals surface area contributed by atoms with E-state index in [1.807, 2.05) is 31.4 Å². The quantitative estimate of drug-likeness (QED) is 0.327. The van der Waals surface area contributed by atoms with Crippen LogP contribution in [0.4, 0.5) is 4.39 Å². The second kappa shape index (κ2) is 8.92. The monoisotopic (exact) mass is 463 g/mol. The third-order valence-electron chi connectivity index (χ3n) is 5.74. The van der Waals surface area contributed by atoms with Crippen LogP contribution in [0.25, 0.3) is 28.0 Å². The summed E-state index contributed by atoms with van der Waals surface area (Å²) in [5.41, 5.74) is 3.84. The summed E-state index contributed by atoms with van der Waals surface area (Å²) in [6.45, 7) is 3.51. The standard InChI is InChI=1S/C24H22FN5O2S/c1-15-3-6-20(25)19(9-15)17-11-26-24(27-12-17)30-21-10-16(4-5-18(21)23(28-30)33-2)22-13-29(14-31)7-8-32-22/h3-6,9-12,14,22H,7-8,13H2,1-2H3. The third kappa shape index (κ3) is 4.09. The third-order valence-corrected chi connectivity index (χ3v) is 6.43. The first-order chi connectivity index (χ1) is 16.1. The van der Waals surface area contributed by atoms with Gasteiger partial charge in [0.1, 0.15) is 16.9 Å². The molecule has 4 aromatic rings. The highest BCUT2D eigenvalue weighted by molar-refractivity contribution is 7.98. The molecule has 0 saturated carbocycles.